The molecule has 0 spiro atoms. The molecular weight excluding hydrogens is 240 g/mol. The molecule has 0 bridgehead atoms. The van der Waals surface area contributed by atoms with Gasteiger partial charge in [0.2, 0.25) is 0 Å². The molecule has 2 atom stereocenters. The van der Waals surface area contributed by atoms with Crippen molar-refractivity contribution in [2.45, 2.75) is 12.0 Å². The summed E-state index contributed by atoms with van der Waals surface area (Å²) in [6.45, 7) is 0.00533. The van der Waals surface area contributed by atoms with E-state index in [0.29, 0.717) is 0 Å². The molecule has 1 N–H and O–H groups in total. The van der Waals surface area contributed by atoms with E-state index in [1.165, 1.54) is 0 Å². The zero-order chi connectivity index (χ0) is 13.2. The number of aliphatic hydroxyl groups excluding tert-OH is 1. The van der Waals surface area contributed by atoms with Crippen LogP contribution in [0.1, 0.15) is 17.0 Å². The quantitative estimate of drug-likeness (QED) is 0.917. The number of aliphatic hydroxyl groups is 1. The van der Waals surface area contributed by atoms with Crippen LogP contribution in [-0.4, -0.2) is 24.9 Å². The molecule has 1 aliphatic heterocycles. The van der Waals surface area contributed by atoms with E-state index >= 15 is 0 Å². The molecule has 0 saturated carbocycles. The largest absolute Gasteiger partial charge is 0.497 e. The third kappa shape index (κ3) is 2.06. The summed E-state index contributed by atoms with van der Waals surface area (Å²) in [5, 5.41) is 9.52. The van der Waals surface area contributed by atoms with Crippen molar-refractivity contribution in [2.75, 3.05) is 13.7 Å². The van der Waals surface area contributed by atoms with Crippen molar-refractivity contribution in [3.05, 3.63) is 59.7 Å². The standard InChI is InChI=1S/C16H16O3/c1-18-12-8-6-11(7-9-12)16-13-4-2-3-5-14(13)19-15(16)10-17/h2-9,15-17H,10H2,1H3. The Balaban J connectivity index is 2.01. The average Bonchev–Trinajstić information content (AvgIpc) is 2.86. The van der Waals surface area contributed by atoms with E-state index in [0.717, 1.165) is 22.6 Å². The summed E-state index contributed by atoms with van der Waals surface area (Å²) in [5.74, 6) is 1.77. The van der Waals surface area contributed by atoms with Crippen LogP contribution in [0.4, 0.5) is 0 Å². The summed E-state index contributed by atoms with van der Waals surface area (Å²) in [6.07, 6.45) is -0.217. The molecular formula is C16H16O3. The van der Waals surface area contributed by atoms with E-state index < -0.39 is 0 Å². The maximum absolute atomic E-state index is 9.52. The highest BCUT2D eigenvalue weighted by molar-refractivity contribution is 5.47. The van der Waals surface area contributed by atoms with Gasteiger partial charge in [-0.15, -0.1) is 0 Å². The Hall–Kier alpha value is -2.00. The van der Waals surface area contributed by atoms with Crippen molar-refractivity contribution in [2.24, 2.45) is 0 Å². The molecule has 2 aromatic carbocycles. The molecule has 2 aromatic rings. The van der Waals surface area contributed by atoms with Crippen LogP contribution in [0.15, 0.2) is 48.5 Å². The van der Waals surface area contributed by atoms with Crippen molar-refractivity contribution >= 4 is 0 Å². The van der Waals surface area contributed by atoms with Gasteiger partial charge in [-0.3, -0.25) is 0 Å². The molecule has 0 aliphatic carbocycles. The number of methoxy groups -OCH3 is 1. The number of ether oxygens (including phenoxy) is 2. The second-order valence-electron chi connectivity index (χ2n) is 4.63. The fourth-order valence-corrected chi connectivity index (χ4v) is 2.62. The van der Waals surface area contributed by atoms with Crippen molar-refractivity contribution in [1.29, 1.82) is 0 Å². The zero-order valence-corrected chi connectivity index (χ0v) is 10.7. The Morgan fingerprint density at radius 3 is 2.53 bits per heavy atom. The summed E-state index contributed by atoms with van der Waals surface area (Å²) in [7, 11) is 1.65. The molecule has 0 saturated heterocycles. The molecule has 3 rings (SSSR count). The van der Waals surface area contributed by atoms with Gasteiger partial charge in [0.25, 0.3) is 0 Å². The van der Waals surface area contributed by atoms with Crippen LogP contribution in [0.3, 0.4) is 0 Å². The molecule has 3 nitrogen and oxygen atoms in total. The molecule has 2 unspecified atom stereocenters. The van der Waals surface area contributed by atoms with Gasteiger partial charge in [0, 0.05) is 5.56 Å². The molecule has 0 fully saturated rings. The van der Waals surface area contributed by atoms with Crippen LogP contribution >= 0.6 is 0 Å². The van der Waals surface area contributed by atoms with Crippen LogP contribution in [0.2, 0.25) is 0 Å². The number of fused-ring (bicyclic) bond motifs is 1. The molecule has 3 heteroatoms. The smallest absolute Gasteiger partial charge is 0.133 e. The lowest BCUT2D eigenvalue weighted by molar-refractivity contribution is 0.124. The highest BCUT2D eigenvalue weighted by Crippen LogP contribution is 2.42. The number of hydrogen-bond acceptors (Lipinski definition) is 3. The summed E-state index contributed by atoms with van der Waals surface area (Å²) < 4.78 is 11.0. The Labute approximate surface area is 112 Å². The van der Waals surface area contributed by atoms with Gasteiger partial charge in [0.1, 0.15) is 17.6 Å². The van der Waals surface area contributed by atoms with Gasteiger partial charge in [0.15, 0.2) is 0 Å². The highest BCUT2D eigenvalue weighted by Gasteiger charge is 2.34. The summed E-state index contributed by atoms with van der Waals surface area (Å²) >= 11 is 0. The SMILES string of the molecule is COc1ccc(C2c3ccccc3OC2CO)cc1. The van der Waals surface area contributed by atoms with Crippen molar-refractivity contribution in [3.8, 4) is 11.5 Å². The first-order valence-electron chi connectivity index (χ1n) is 6.34. The minimum absolute atomic E-state index is 0.00533. The molecule has 98 valence electrons. The third-order valence-electron chi connectivity index (χ3n) is 3.56. The van der Waals surface area contributed by atoms with E-state index in [9.17, 15) is 5.11 Å². The van der Waals surface area contributed by atoms with E-state index in [2.05, 4.69) is 6.07 Å². The maximum atomic E-state index is 9.52. The van der Waals surface area contributed by atoms with Crippen LogP contribution < -0.4 is 9.47 Å². The predicted octanol–water partition coefficient (Wildman–Crippen LogP) is 2.58. The Kier molecular flexibility index (Phi) is 3.13. The number of benzene rings is 2. The van der Waals surface area contributed by atoms with E-state index in [1.54, 1.807) is 7.11 Å². The monoisotopic (exact) mass is 256 g/mol. The Morgan fingerprint density at radius 1 is 1.11 bits per heavy atom. The van der Waals surface area contributed by atoms with Gasteiger partial charge in [-0.1, -0.05) is 30.3 Å². The lowest BCUT2D eigenvalue weighted by Gasteiger charge is -2.17. The summed E-state index contributed by atoms with van der Waals surface area (Å²) in [6, 6.07) is 15.9. The maximum Gasteiger partial charge on any atom is 0.133 e. The minimum atomic E-state index is -0.217. The first-order chi connectivity index (χ1) is 9.33. The number of rotatable bonds is 3. The third-order valence-corrected chi connectivity index (χ3v) is 3.56. The van der Waals surface area contributed by atoms with E-state index in [4.69, 9.17) is 9.47 Å². The first kappa shape index (κ1) is 12.1. The summed E-state index contributed by atoms with van der Waals surface area (Å²) in [5.41, 5.74) is 2.26. The lowest BCUT2D eigenvalue weighted by Crippen LogP contribution is -2.23. The van der Waals surface area contributed by atoms with E-state index in [-0.39, 0.29) is 18.6 Å². The fourth-order valence-electron chi connectivity index (χ4n) is 2.62. The fraction of sp³-hybridized carbons (Fsp3) is 0.250. The second-order valence-corrected chi connectivity index (χ2v) is 4.63. The van der Waals surface area contributed by atoms with Gasteiger partial charge in [-0.25, -0.2) is 0 Å². The predicted molar refractivity (Wildman–Crippen MR) is 72.8 cm³/mol. The molecule has 1 heterocycles. The number of para-hydroxylation sites is 1. The highest BCUT2D eigenvalue weighted by atomic mass is 16.5. The Morgan fingerprint density at radius 2 is 1.84 bits per heavy atom. The van der Waals surface area contributed by atoms with E-state index in [1.807, 2.05) is 42.5 Å². The second kappa shape index (κ2) is 4.94. The molecule has 19 heavy (non-hydrogen) atoms. The zero-order valence-electron chi connectivity index (χ0n) is 10.7. The molecule has 0 aromatic heterocycles. The van der Waals surface area contributed by atoms with Gasteiger partial charge in [0.05, 0.1) is 19.6 Å². The van der Waals surface area contributed by atoms with Crippen LogP contribution in [0, 0.1) is 0 Å². The molecule has 0 amide bonds. The Bertz CT molecular complexity index is 562. The van der Waals surface area contributed by atoms with Crippen molar-refractivity contribution in [1.82, 2.24) is 0 Å². The van der Waals surface area contributed by atoms with Crippen LogP contribution in [-0.2, 0) is 0 Å². The van der Waals surface area contributed by atoms with Gasteiger partial charge >= 0.3 is 0 Å². The minimum Gasteiger partial charge on any atom is -0.497 e. The first-order valence-corrected chi connectivity index (χ1v) is 6.34. The molecule has 0 radical (unpaired) electrons. The van der Waals surface area contributed by atoms with Crippen molar-refractivity contribution < 1.29 is 14.6 Å². The lowest BCUT2D eigenvalue weighted by atomic mass is 9.88. The van der Waals surface area contributed by atoms with Gasteiger partial charge in [-0.2, -0.15) is 0 Å². The van der Waals surface area contributed by atoms with Crippen molar-refractivity contribution in [3.63, 3.8) is 0 Å². The average molecular weight is 256 g/mol. The normalized spacial score (nSPS) is 20.7. The van der Waals surface area contributed by atoms with Gasteiger partial charge < -0.3 is 14.6 Å². The topological polar surface area (TPSA) is 38.7 Å². The molecule has 1 aliphatic rings. The summed E-state index contributed by atoms with van der Waals surface area (Å²) in [4.78, 5) is 0. The van der Waals surface area contributed by atoms with Crippen LogP contribution in [0.5, 0.6) is 11.5 Å². The van der Waals surface area contributed by atoms with Gasteiger partial charge in [-0.05, 0) is 23.8 Å². The van der Waals surface area contributed by atoms with Crippen LogP contribution in [0.25, 0.3) is 0 Å². The number of hydrogen-bond donors (Lipinski definition) is 1.